The molecule has 0 radical (unpaired) electrons. The lowest BCUT2D eigenvalue weighted by Crippen LogP contribution is -2.01. The van der Waals surface area contributed by atoms with Crippen LogP contribution in [0.1, 0.15) is 10.4 Å². The lowest BCUT2D eigenvalue weighted by molar-refractivity contribution is 0.108. The number of carbonyl (C=O) groups is 1. The van der Waals surface area contributed by atoms with Gasteiger partial charge in [0.05, 0.1) is 12.8 Å². The standard InChI is InChI=1S/C15H12N4O2S/c1-21-13-9-7-11(8-10-13)14(20)22-15-16-17-18-19(15)12-5-3-2-4-6-12/h2-10H,1H3. The molecular formula is C15H12N4O2S. The number of ether oxygens (including phenoxy) is 1. The van der Waals surface area contributed by atoms with Gasteiger partial charge < -0.3 is 4.74 Å². The Hall–Kier alpha value is -2.67. The highest BCUT2D eigenvalue weighted by Crippen LogP contribution is 2.23. The Labute approximate surface area is 131 Å². The van der Waals surface area contributed by atoms with E-state index in [9.17, 15) is 4.79 Å². The van der Waals surface area contributed by atoms with E-state index in [0.717, 1.165) is 17.4 Å². The first-order chi connectivity index (χ1) is 10.8. The summed E-state index contributed by atoms with van der Waals surface area (Å²) < 4.78 is 6.61. The van der Waals surface area contributed by atoms with Crippen LogP contribution in [0.25, 0.3) is 5.69 Å². The molecule has 1 aromatic heterocycles. The Morgan fingerprint density at radius 3 is 2.50 bits per heavy atom. The maximum absolute atomic E-state index is 12.3. The molecule has 2 aromatic carbocycles. The SMILES string of the molecule is COc1ccc(C(=O)Sc2nnnn2-c2ccccc2)cc1. The number of nitrogens with zero attached hydrogens (tertiary/aromatic N) is 4. The lowest BCUT2D eigenvalue weighted by Gasteiger charge is -2.04. The average molecular weight is 312 g/mol. The molecule has 1 heterocycles. The van der Waals surface area contributed by atoms with Gasteiger partial charge in [-0.3, -0.25) is 4.79 Å². The van der Waals surface area contributed by atoms with Crippen LogP contribution in [0.5, 0.6) is 5.75 Å². The molecule has 110 valence electrons. The zero-order valence-electron chi connectivity index (χ0n) is 11.7. The second-order valence-corrected chi connectivity index (χ2v) is 5.27. The molecule has 0 unspecified atom stereocenters. The minimum absolute atomic E-state index is 0.130. The summed E-state index contributed by atoms with van der Waals surface area (Å²) in [6.45, 7) is 0. The second-order valence-electron chi connectivity index (χ2n) is 4.33. The molecule has 0 spiro atoms. The van der Waals surface area contributed by atoms with E-state index >= 15 is 0 Å². The molecular weight excluding hydrogens is 300 g/mol. The van der Waals surface area contributed by atoms with Gasteiger partial charge in [0.1, 0.15) is 5.75 Å². The molecule has 0 saturated heterocycles. The van der Waals surface area contributed by atoms with E-state index in [1.54, 1.807) is 31.4 Å². The number of thioether (sulfide) groups is 1. The Morgan fingerprint density at radius 1 is 1.09 bits per heavy atom. The summed E-state index contributed by atoms with van der Waals surface area (Å²) in [7, 11) is 1.58. The Bertz CT molecular complexity index is 772. The van der Waals surface area contributed by atoms with Crippen molar-refractivity contribution in [2.75, 3.05) is 7.11 Å². The zero-order chi connectivity index (χ0) is 15.4. The van der Waals surface area contributed by atoms with Crippen molar-refractivity contribution in [3.8, 4) is 11.4 Å². The smallest absolute Gasteiger partial charge is 0.227 e. The van der Waals surface area contributed by atoms with Crippen LogP contribution < -0.4 is 4.74 Å². The normalized spacial score (nSPS) is 10.4. The molecule has 7 heteroatoms. The van der Waals surface area contributed by atoms with Gasteiger partial charge in [-0.15, -0.1) is 5.10 Å². The Kier molecular flexibility index (Phi) is 4.15. The minimum atomic E-state index is -0.130. The number of carbonyl (C=O) groups excluding carboxylic acids is 1. The quantitative estimate of drug-likeness (QED) is 0.690. The predicted octanol–water partition coefficient (Wildman–Crippen LogP) is 2.60. The van der Waals surface area contributed by atoms with Crippen molar-refractivity contribution in [2.45, 2.75) is 5.16 Å². The fourth-order valence-electron chi connectivity index (χ4n) is 1.84. The molecule has 0 atom stereocenters. The van der Waals surface area contributed by atoms with Crippen molar-refractivity contribution in [3.05, 3.63) is 60.2 Å². The van der Waals surface area contributed by atoms with Gasteiger partial charge in [0.25, 0.3) is 0 Å². The maximum atomic E-state index is 12.3. The molecule has 3 rings (SSSR count). The summed E-state index contributed by atoms with van der Waals surface area (Å²) in [5, 5.41) is 11.8. The molecule has 0 amide bonds. The van der Waals surface area contributed by atoms with Gasteiger partial charge in [-0.05, 0) is 58.6 Å². The van der Waals surface area contributed by atoms with Gasteiger partial charge in [0.2, 0.25) is 10.3 Å². The molecule has 0 aliphatic rings. The molecule has 6 nitrogen and oxygen atoms in total. The van der Waals surface area contributed by atoms with Crippen molar-refractivity contribution >= 4 is 16.9 Å². The summed E-state index contributed by atoms with van der Waals surface area (Å²) in [5.41, 5.74) is 1.37. The summed E-state index contributed by atoms with van der Waals surface area (Å²) in [6.07, 6.45) is 0. The van der Waals surface area contributed by atoms with Crippen LogP contribution >= 0.6 is 11.8 Å². The Balaban J connectivity index is 1.81. The molecule has 0 bridgehead atoms. The topological polar surface area (TPSA) is 69.9 Å². The monoisotopic (exact) mass is 312 g/mol. The van der Waals surface area contributed by atoms with Gasteiger partial charge in [0, 0.05) is 5.56 Å². The summed E-state index contributed by atoms with van der Waals surface area (Å²) in [5.74, 6) is 0.704. The van der Waals surface area contributed by atoms with Gasteiger partial charge >= 0.3 is 0 Å². The molecule has 22 heavy (non-hydrogen) atoms. The van der Waals surface area contributed by atoms with E-state index in [2.05, 4.69) is 15.5 Å². The van der Waals surface area contributed by atoms with E-state index in [0.29, 0.717) is 16.5 Å². The highest BCUT2D eigenvalue weighted by atomic mass is 32.2. The molecule has 0 fully saturated rings. The van der Waals surface area contributed by atoms with E-state index in [4.69, 9.17) is 4.74 Å². The number of para-hydroxylation sites is 1. The Morgan fingerprint density at radius 2 is 1.82 bits per heavy atom. The van der Waals surface area contributed by atoms with Crippen LogP contribution in [0.3, 0.4) is 0 Å². The number of hydrogen-bond acceptors (Lipinski definition) is 6. The average Bonchev–Trinajstić information content (AvgIpc) is 3.04. The van der Waals surface area contributed by atoms with Crippen molar-refractivity contribution in [3.63, 3.8) is 0 Å². The number of aromatic nitrogens is 4. The number of methoxy groups -OCH3 is 1. The van der Waals surface area contributed by atoms with Crippen LogP contribution in [0.4, 0.5) is 0 Å². The summed E-state index contributed by atoms with van der Waals surface area (Å²) in [4.78, 5) is 12.3. The van der Waals surface area contributed by atoms with Crippen molar-refractivity contribution in [1.82, 2.24) is 20.2 Å². The van der Waals surface area contributed by atoms with E-state index in [1.165, 1.54) is 4.68 Å². The molecule has 0 aliphatic carbocycles. The predicted molar refractivity (Wildman–Crippen MR) is 82.3 cm³/mol. The molecule has 0 saturated carbocycles. The van der Waals surface area contributed by atoms with Gasteiger partial charge in [-0.1, -0.05) is 18.2 Å². The third kappa shape index (κ3) is 2.99. The van der Waals surface area contributed by atoms with Crippen LogP contribution in [0.2, 0.25) is 0 Å². The second kappa shape index (κ2) is 6.40. The van der Waals surface area contributed by atoms with Crippen molar-refractivity contribution in [1.29, 1.82) is 0 Å². The van der Waals surface area contributed by atoms with Gasteiger partial charge in [-0.25, -0.2) is 0 Å². The van der Waals surface area contributed by atoms with Crippen LogP contribution in [0.15, 0.2) is 59.8 Å². The first-order valence-corrected chi connectivity index (χ1v) is 7.29. The van der Waals surface area contributed by atoms with Gasteiger partial charge in [0.15, 0.2) is 0 Å². The van der Waals surface area contributed by atoms with E-state index in [-0.39, 0.29) is 5.12 Å². The van der Waals surface area contributed by atoms with E-state index in [1.807, 2.05) is 30.3 Å². The summed E-state index contributed by atoms with van der Waals surface area (Å²) in [6, 6.07) is 16.3. The third-order valence-electron chi connectivity index (χ3n) is 2.95. The molecule has 0 aliphatic heterocycles. The first kappa shape index (κ1) is 14.3. The van der Waals surface area contributed by atoms with Crippen LogP contribution in [0, 0.1) is 0 Å². The first-order valence-electron chi connectivity index (χ1n) is 6.48. The molecule has 0 N–H and O–H groups in total. The van der Waals surface area contributed by atoms with Crippen LogP contribution in [-0.4, -0.2) is 32.4 Å². The van der Waals surface area contributed by atoms with Gasteiger partial charge in [-0.2, -0.15) is 4.68 Å². The molecule has 3 aromatic rings. The zero-order valence-corrected chi connectivity index (χ0v) is 12.5. The highest BCUT2D eigenvalue weighted by molar-refractivity contribution is 8.14. The highest BCUT2D eigenvalue weighted by Gasteiger charge is 2.15. The van der Waals surface area contributed by atoms with Crippen molar-refractivity contribution < 1.29 is 9.53 Å². The number of tetrazole rings is 1. The number of benzene rings is 2. The van der Waals surface area contributed by atoms with Crippen LogP contribution in [-0.2, 0) is 0 Å². The maximum Gasteiger partial charge on any atom is 0.227 e. The summed E-state index contributed by atoms with van der Waals surface area (Å²) >= 11 is 0.985. The fourth-order valence-corrected chi connectivity index (χ4v) is 2.57. The lowest BCUT2D eigenvalue weighted by atomic mass is 10.2. The fraction of sp³-hybridized carbons (Fsp3) is 0.0667. The number of hydrogen-bond donors (Lipinski definition) is 0. The third-order valence-corrected chi connectivity index (χ3v) is 3.81. The number of rotatable bonds is 4. The van der Waals surface area contributed by atoms with E-state index < -0.39 is 0 Å². The largest absolute Gasteiger partial charge is 0.497 e. The van der Waals surface area contributed by atoms with Crippen molar-refractivity contribution in [2.24, 2.45) is 0 Å². The minimum Gasteiger partial charge on any atom is -0.497 e.